The fraction of sp³-hybridized carbons (Fsp3) is 0.227. The van der Waals surface area contributed by atoms with Gasteiger partial charge in [-0.15, -0.1) is 10.2 Å². The summed E-state index contributed by atoms with van der Waals surface area (Å²) in [6.45, 7) is 1.42. The molecular formula is C22H21ClFN5O. The Morgan fingerprint density at radius 1 is 1.17 bits per heavy atom. The topological polar surface area (TPSA) is 84.1 Å². The first-order valence-electron chi connectivity index (χ1n) is 9.71. The number of anilines is 2. The molecule has 3 N–H and O–H groups in total. The molecule has 6 nitrogen and oxygen atoms in total. The van der Waals surface area contributed by atoms with Crippen LogP contribution in [-0.2, 0) is 0 Å². The molecule has 1 fully saturated rings. The van der Waals surface area contributed by atoms with E-state index in [0.29, 0.717) is 17.9 Å². The van der Waals surface area contributed by atoms with Crippen molar-refractivity contribution in [2.24, 2.45) is 0 Å². The van der Waals surface area contributed by atoms with Gasteiger partial charge in [0.25, 0.3) is 5.91 Å². The molecule has 0 bridgehead atoms. The maximum Gasteiger partial charge on any atom is 0.251 e. The van der Waals surface area contributed by atoms with E-state index in [1.807, 2.05) is 36.4 Å². The summed E-state index contributed by atoms with van der Waals surface area (Å²) < 4.78 is 13.6. The van der Waals surface area contributed by atoms with Crippen molar-refractivity contribution in [1.82, 2.24) is 15.5 Å². The first kappa shape index (κ1) is 20.1. The number of para-hydroxylation sites is 1. The third-order valence-corrected chi connectivity index (χ3v) is 5.46. The van der Waals surface area contributed by atoms with E-state index in [-0.39, 0.29) is 22.5 Å². The van der Waals surface area contributed by atoms with Crippen molar-refractivity contribution < 1.29 is 9.18 Å². The van der Waals surface area contributed by atoms with Gasteiger partial charge in [-0.05, 0) is 49.2 Å². The van der Waals surface area contributed by atoms with E-state index in [4.69, 9.17) is 17.3 Å². The Bertz CT molecular complexity index is 1060. The number of nitrogens with zero attached hydrogens (tertiary/aromatic N) is 3. The summed E-state index contributed by atoms with van der Waals surface area (Å²) in [7, 11) is 0. The van der Waals surface area contributed by atoms with Crippen molar-refractivity contribution in [2.75, 3.05) is 23.7 Å². The third-order valence-electron chi connectivity index (χ3n) is 5.15. The van der Waals surface area contributed by atoms with Crippen molar-refractivity contribution in [1.29, 1.82) is 0 Å². The molecular weight excluding hydrogens is 405 g/mol. The zero-order valence-corrected chi connectivity index (χ0v) is 16.9. The second kappa shape index (κ2) is 8.67. The molecule has 154 valence electrons. The van der Waals surface area contributed by atoms with Crippen LogP contribution in [0.25, 0.3) is 11.3 Å². The molecule has 30 heavy (non-hydrogen) atoms. The van der Waals surface area contributed by atoms with Crippen LogP contribution in [0.2, 0.25) is 5.02 Å². The molecule has 3 aromatic rings. The van der Waals surface area contributed by atoms with Gasteiger partial charge in [-0.2, -0.15) is 0 Å². The van der Waals surface area contributed by atoms with Crippen LogP contribution in [0.5, 0.6) is 0 Å². The molecule has 1 aromatic heterocycles. The van der Waals surface area contributed by atoms with Crippen molar-refractivity contribution >= 4 is 29.0 Å². The number of nitrogen functional groups attached to an aromatic ring is 1. The van der Waals surface area contributed by atoms with Crippen LogP contribution in [-0.4, -0.2) is 35.2 Å². The summed E-state index contributed by atoms with van der Waals surface area (Å²) in [5.74, 6) is -0.188. The number of carbonyl (C=O) groups excluding carboxylic acids is 1. The van der Waals surface area contributed by atoms with E-state index < -0.39 is 5.82 Å². The van der Waals surface area contributed by atoms with Crippen LogP contribution in [0.15, 0.2) is 54.6 Å². The molecule has 1 aliphatic heterocycles. The normalized spacial score (nSPS) is 16.3. The molecule has 1 saturated heterocycles. The van der Waals surface area contributed by atoms with E-state index in [1.54, 1.807) is 0 Å². The highest BCUT2D eigenvalue weighted by molar-refractivity contribution is 6.30. The standard InChI is InChI=1S/C22H21ClFN5O/c23-17-8-7-14(12-18(17)24)22(30)26-15-4-3-11-29(13-15)21-10-9-20(27-28-21)16-5-1-2-6-19(16)25/h1-2,5-10,12,15H,3-4,11,13,25H2,(H,26,30). The molecule has 1 amide bonds. The van der Waals surface area contributed by atoms with Gasteiger partial charge >= 0.3 is 0 Å². The van der Waals surface area contributed by atoms with Crippen LogP contribution in [0.3, 0.4) is 0 Å². The van der Waals surface area contributed by atoms with Crippen LogP contribution < -0.4 is 16.0 Å². The lowest BCUT2D eigenvalue weighted by Gasteiger charge is -2.33. The van der Waals surface area contributed by atoms with Crippen molar-refractivity contribution in [3.63, 3.8) is 0 Å². The van der Waals surface area contributed by atoms with Crippen molar-refractivity contribution in [3.05, 3.63) is 71.0 Å². The Labute approximate surface area is 178 Å². The largest absolute Gasteiger partial charge is 0.398 e. The minimum absolute atomic E-state index is 0.00493. The first-order chi connectivity index (χ1) is 14.5. The van der Waals surface area contributed by atoms with E-state index in [9.17, 15) is 9.18 Å². The zero-order chi connectivity index (χ0) is 21.1. The van der Waals surface area contributed by atoms with Gasteiger partial charge in [-0.3, -0.25) is 4.79 Å². The summed E-state index contributed by atoms with van der Waals surface area (Å²) in [4.78, 5) is 14.6. The zero-order valence-electron chi connectivity index (χ0n) is 16.2. The maximum atomic E-state index is 13.6. The highest BCUT2D eigenvalue weighted by atomic mass is 35.5. The Kier molecular flexibility index (Phi) is 5.81. The van der Waals surface area contributed by atoms with Crippen LogP contribution >= 0.6 is 11.6 Å². The number of hydrogen-bond donors (Lipinski definition) is 2. The van der Waals surface area contributed by atoms with E-state index >= 15 is 0 Å². The summed E-state index contributed by atoms with van der Waals surface area (Å²) in [5, 5.41) is 11.6. The average Bonchev–Trinajstić information content (AvgIpc) is 2.76. The third kappa shape index (κ3) is 4.36. The minimum Gasteiger partial charge on any atom is -0.398 e. The van der Waals surface area contributed by atoms with Crippen LogP contribution in [0.4, 0.5) is 15.9 Å². The Morgan fingerprint density at radius 2 is 2.00 bits per heavy atom. The summed E-state index contributed by atoms with van der Waals surface area (Å²) in [5.41, 5.74) is 8.47. The van der Waals surface area contributed by atoms with E-state index in [2.05, 4.69) is 20.4 Å². The number of nitrogens with two attached hydrogens (primary N) is 1. The molecule has 8 heteroatoms. The Balaban J connectivity index is 1.43. The molecule has 0 saturated carbocycles. The van der Waals surface area contributed by atoms with Gasteiger partial charge in [0.15, 0.2) is 5.82 Å². The fourth-order valence-corrected chi connectivity index (χ4v) is 3.69. The minimum atomic E-state index is -0.607. The molecule has 1 atom stereocenters. The molecule has 2 heterocycles. The number of piperidine rings is 1. The lowest BCUT2D eigenvalue weighted by Crippen LogP contribution is -2.48. The van der Waals surface area contributed by atoms with Crippen molar-refractivity contribution in [3.8, 4) is 11.3 Å². The van der Waals surface area contributed by atoms with Crippen molar-refractivity contribution in [2.45, 2.75) is 18.9 Å². The van der Waals surface area contributed by atoms with Gasteiger partial charge in [0.2, 0.25) is 0 Å². The number of benzene rings is 2. The lowest BCUT2D eigenvalue weighted by molar-refractivity contribution is 0.0932. The van der Waals surface area contributed by atoms with Gasteiger partial charge in [0.1, 0.15) is 5.82 Å². The Hall–Kier alpha value is -3.19. The summed E-state index contributed by atoms with van der Waals surface area (Å²) in [6, 6.07) is 15.3. The Morgan fingerprint density at radius 3 is 2.73 bits per heavy atom. The number of halogens is 2. The smallest absolute Gasteiger partial charge is 0.251 e. The van der Waals surface area contributed by atoms with Gasteiger partial charge < -0.3 is 16.0 Å². The quantitative estimate of drug-likeness (QED) is 0.619. The lowest BCUT2D eigenvalue weighted by atomic mass is 10.0. The molecule has 0 aliphatic carbocycles. The van der Waals surface area contributed by atoms with Gasteiger partial charge in [0.05, 0.1) is 10.7 Å². The van der Waals surface area contributed by atoms with Gasteiger partial charge in [-0.1, -0.05) is 29.8 Å². The van der Waals surface area contributed by atoms with E-state index in [0.717, 1.165) is 36.8 Å². The predicted octanol–water partition coefficient (Wildman–Crippen LogP) is 3.92. The number of nitrogens with one attached hydrogen (secondary N) is 1. The molecule has 1 unspecified atom stereocenters. The molecule has 2 aromatic carbocycles. The molecule has 0 spiro atoms. The molecule has 1 aliphatic rings. The van der Waals surface area contributed by atoms with Crippen LogP contribution in [0.1, 0.15) is 23.2 Å². The maximum absolute atomic E-state index is 13.6. The average molecular weight is 426 g/mol. The summed E-state index contributed by atoms with van der Waals surface area (Å²) >= 11 is 5.69. The van der Waals surface area contributed by atoms with E-state index in [1.165, 1.54) is 12.1 Å². The second-order valence-electron chi connectivity index (χ2n) is 7.25. The number of aromatic nitrogens is 2. The summed E-state index contributed by atoms with van der Waals surface area (Å²) in [6.07, 6.45) is 1.74. The fourth-order valence-electron chi connectivity index (χ4n) is 3.58. The SMILES string of the molecule is Nc1ccccc1-c1ccc(N2CCCC(NC(=O)c3ccc(Cl)c(F)c3)C2)nn1. The molecule has 4 rings (SSSR count). The molecule has 0 radical (unpaired) electrons. The number of carbonyl (C=O) groups is 1. The monoisotopic (exact) mass is 425 g/mol. The number of rotatable bonds is 4. The number of amides is 1. The first-order valence-corrected chi connectivity index (χ1v) is 10.1. The van der Waals surface area contributed by atoms with Crippen LogP contribution in [0, 0.1) is 5.82 Å². The van der Waals surface area contributed by atoms with Gasteiger partial charge in [0, 0.05) is 35.9 Å². The number of hydrogen-bond acceptors (Lipinski definition) is 5. The second-order valence-corrected chi connectivity index (χ2v) is 7.66. The van der Waals surface area contributed by atoms with Gasteiger partial charge in [-0.25, -0.2) is 4.39 Å². The highest BCUT2D eigenvalue weighted by Gasteiger charge is 2.23. The highest BCUT2D eigenvalue weighted by Crippen LogP contribution is 2.25. The predicted molar refractivity (Wildman–Crippen MR) is 116 cm³/mol.